The summed E-state index contributed by atoms with van der Waals surface area (Å²) in [5, 5.41) is 10.3. The second kappa shape index (κ2) is 5.86. The van der Waals surface area contributed by atoms with Crippen LogP contribution < -0.4 is 0 Å². The van der Waals surface area contributed by atoms with Gasteiger partial charge in [0.25, 0.3) is 0 Å². The van der Waals surface area contributed by atoms with Crippen molar-refractivity contribution in [2.75, 3.05) is 0 Å². The molecule has 1 atom stereocenters. The van der Waals surface area contributed by atoms with Gasteiger partial charge >= 0.3 is 13.1 Å². The van der Waals surface area contributed by atoms with Crippen molar-refractivity contribution in [2.45, 2.75) is 51.1 Å². The van der Waals surface area contributed by atoms with Crippen molar-refractivity contribution in [1.82, 2.24) is 4.98 Å². The molecule has 3 rings (SSSR count). The maximum absolute atomic E-state index is 11.4. The lowest BCUT2D eigenvalue weighted by atomic mass is 9.66. The molecule has 1 aromatic heterocycles. The Bertz CT molecular complexity index is 758. The lowest BCUT2D eigenvalue weighted by Crippen LogP contribution is -2.41. The van der Waals surface area contributed by atoms with Gasteiger partial charge in [0.05, 0.1) is 23.1 Å². The molecule has 0 amide bonds. The number of aliphatic carboxylic acids is 1. The summed E-state index contributed by atoms with van der Waals surface area (Å²) in [5.41, 5.74) is 0.778. The van der Waals surface area contributed by atoms with Crippen LogP contribution in [0.3, 0.4) is 0 Å². The Balaban J connectivity index is 1.98. The van der Waals surface area contributed by atoms with E-state index >= 15 is 0 Å². The Morgan fingerprint density at radius 2 is 1.88 bits per heavy atom. The predicted octanol–water partition coefficient (Wildman–Crippen LogP) is 3.42. The molecule has 0 radical (unpaired) electrons. The highest BCUT2D eigenvalue weighted by Crippen LogP contribution is 2.42. The van der Waals surface area contributed by atoms with Gasteiger partial charge in [0.2, 0.25) is 0 Å². The molecule has 1 fully saturated rings. The minimum Gasteiger partial charge on any atom is -0.481 e. The number of fused-ring (bicyclic) bond motifs is 1. The predicted molar refractivity (Wildman–Crippen MR) is 92.8 cm³/mol. The molecule has 1 aliphatic rings. The van der Waals surface area contributed by atoms with Crippen molar-refractivity contribution in [1.29, 1.82) is 0 Å². The highest BCUT2D eigenvalue weighted by atomic mass is 16.7. The molecule has 0 spiro atoms. The first-order valence-electron chi connectivity index (χ1n) is 8.12. The highest BCUT2D eigenvalue weighted by molar-refractivity contribution is 6.48. The number of hydrogen-bond donors (Lipinski definition) is 1. The van der Waals surface area contributed by atoms with E-state index in [-0.39, 0.29) is 12.2 Å². The van der Waals surface area contributed by atoms with E-state index in [1.54, 1.807) is 6.20 Å². The van der Waals surface area contributed by atoms with Crippen molar-refractivity contribution < 1.29 is 19.2 Å². The molecule has 1 N–H and O–H groups in total. The minimum absolute atomic E-state index is 0.0530. The maximum Gasteiger partial charge on any atom is 0.466 e. The first-order chi connectivity index (χ1) is 11.2. The SMILES string of the molecule is CC1(C)OB(C(CC(=O)O)c2ccc3ncccc3c2)OC1(C)C. The van der Waals surface area contributed by atoms with Gasteiger partial charge in [-0.15, -0.1) is 0 Å². The highest BCUT2D eigenvalue weighted by Gasteiger charge is 2.54. The van der Waals surface area contributed by atoms with Crippen LogP contribution in [0.5, 0.6) is 0 Å². The van der Waals surface area contributed by atoms with E-state index in [0.717, 1.165) is 16.5 Å². The van der Waals surface area contributed by atoms with Gasteiger partial charge in [-0.2, -0.15) is 0 Å². The number of nitrogens with zero attached hydrogens (tertiary/aromatic N) is 1. The first-order valence-corrected chi connectivity index (χ1v) is 8.12. The molecule has 24 heavy (non-hydrogen) atoms. The Morgan fingerprint density at radius 1 is 1.21 bits per heavy atom. The molecule has 126 valence electrons. The van der Waals surface area contributed by atoms with Gasteiger partial charge in [-0.05, 0) is 51.5 Å². The van der Waals surface area contributed by atoms with E-state index in [2.05, 4.69) is 4.98 Å². The molecule has 1 unspecified atom stereocenters. The van der Waals surface area contributed by atoms with Gasteiger partial charge in [-0.1, -0.05) is 12.1 Å². The van der Waals surface area contributed by atoms with Crippen molar-refractivity contribution in [3.8, 4) is 0 Å². The minimum atomic E-state index is -0.874. The average molecular weight is 327 g/mol. The van der Waals surface area contributed by atoms with E-state index in [1.807, 2.05) is 58.0 Å². The zero-order valence-corrected chi connectivity index (χ0v) is 14.4. The van der Waals surface area contributed by atoms with Crippen LogP contribution in [0, 0.1) is 0 Å². The number of hydrogen-bond acceptors (Lipinski definition) is 4. The molecular weight excluding hydrogens is 305 g/mol. The van der Waals surface area contributed by atoms with Gasteiger partial charge in [0.1, 0.15) is 0 Å². The number of rotatable bonds is 4. The number of pyridine rings is 1. The summed E-state index contributed by atoms with van der Waals surface area (Å²) in [5.74, 6) is -1.26. The third-order valence-corrected chi connectivity index (χ3v) is 5.05. The average Bonchev–Trinajstić information content (AvgIpc) is 2.72. The second-order valence-electron chi connectivity index (χ2n) is 7.28. The maximum atomic E-state index is 11.4. The summed E-state index contributed by atoms with van der Waals surface area (Å²) in [7, 11) is -0.597. The number of benzene rings is 1. The standard InChI is InChI=1S/C18H22BNO4/c1-17(2)18(3,4)24-19(23-17)14(11-16(21)22)12-7-8-15-13(10-12)6-5-9-20-15/h5-10,14H,11H2,1-4H3,(H,21,22). The van der Waals surface area contributed by atoms with E-state index in [9.17, 15) is 9.90 Å². The Morgan fingerprint density at radius 3 is 2.50 bits per heavy atom. The molecule has 2 aromatic rings. The zero-order valence-electron chi connectivity index (χ0n) is 14.4. The van der Waals surface area contributed by atoms with Crippen molar-refractivity contribution in [2.24, 2.45) is 0 Å². The van der Waals surface area contributed by atoms with Crippen LogP contribution >= 0.6 is 0 Å². The summed E-state index contributed by atoms with van der Waals surface area (Å²) in [6.45, 7) is 7.87. The van der Waals surface area contributed by atoms with E-state index in [1.165, 1.54) is 0 Å². The monoisotopic (exact) mass is 327 g/mol. The molecule has 1 saturated heterocycles. The van der Waals surface area contributed by atoms with Crippen LogP contribution in [0.2, 0.25) is 0 Å². The molecule has 0 bridgehead atoms. The molecule has 6 heteroatoms. The molecule has 5 nitrogen and oxygen atoms in total. The summed E-state index contributed by atoms with van der Waals surface area (Å²) in [6, 6.07) is 9.63. The molecule has 0 aliphatic carbocycles. The quantitative estimate of drug-likeness (QED) is 0.872. The Labute approximate surface area is 142 Å². The summed E-state index contributed by atoms with van der Waals surface area (Å²) >= 11 is 0. The van der Waals surface area contributed by atoms with Crippen molar-refractivity contribution >= 4 is 24.0 Å². The summed E-state index contributed by atoms with van der Waals surface area (Å²) in [6.07, 6.45) is 1.69. The Kier molecular flexibility index (Phi) is 4.14. The molecule has 1 aliphatic heterocycles. The third-order valence-electron chi connectivity index (χ3n) is 5.05. The van der Waals surface area contributed by atoms with Crippen molar-refractivity contribution in [3.05, 3.63) is 42.1 Å². The van der Waals surface area contributed by atoms with Crippen LogP contribution in [0.25, 0.3) is 10.9 Å². The van der Waals surface area contributed by atoms with Gasteiger partial charge in [0.15, 0.2) is 0 Å². The normalized spacial score (nSPS) is 20.2. The Hall–Kier alpha value is -1.92. The van der Waals surface area contributed by atoms with Crippen LogP contribution in [0.4, 0.5) is 0 Å². The van der Waals surface area contributed by atoms with E-state index in [0.29, 0.717) is 0 Å². The van der Waals surface area contributed by atoms with E-state index < -0.39 is 24.3 Å². The fourth-order valence-electron chi connectivity index (χ4n) is 2.94. The fourth-order valence-corrected chi connectivity index (χ4v) is 2.94. The zero-order chi connectivity index (χ0) is 17.5. The first kappa shape index (κ1) is 16.9. The fraction of sp³-hybridized carbons (Fsp3) is 0.444. The second-order valence-corrected chi connectivity index (χ2v) is 7.28. The van der Waals surface area contributed by atoms with Crippen molar-refractivity contribution in [3.63, 3.8) is 0 Å². The van der Waals surface area contributed by atoms with Gasteiger partial charge in [0, 0.05) is 17.4 Å². The van der Waals surface area contributed by atoms with Crippen LogP contribution in [-0.2, 0) is 14.1 Å². The van der Waals surface area contributed by atoms with E-state index in [4.69, 9.17) is 9.31 Å². The number of aromatic nitrogens is 1. The number of carbonyl (C=O) groups is 1. The number of carboxylic acid groups (broad SMARTS) is 1. The van der Waals surface area contributed by atoms with Gasteiger partial charge in [-0.3, -0.25) is 9.78 Å². The number of carboxylic acids is 1. The lowest BCUT2D eigenvalue weighted by Gasteiger charge is -2.32. The molecular formula is C18H22BNO4. The van der Waals surface area contributed by atoms with Gasteiger partial charge in [-0.25, -0.2) is 0 Å². The summed E-state index contributed by atoms with van der Waals surface area (Å²) < 4.78 is 12.2. The molecule has 0 saturated carbocycles. The van der Waals surface area contributed by atoms with Gasteiger partial charge < -0.3 is 14.4 Å². The lowest BCUT2D eigenvalue weighted by molar-refractivity contribution is -0.137. The summed E-state index contributed by atoms with van der Waals surface area (Å²) in [4.78, 5) is 15.7. The van der Waals surface area contributed by atoms with Crippen LogP contribution in [-0.4, -0.2) is 34.4 Å². The molecule has 1 aromatic carbocycles. The topological polar surface area (TPSA) is 68.7 Å². The molecule has 2 heterocycles. The third kappa shape index (κ3) is 3.04. The van der Waals surface area contributed by atoms with Crippen LogP contribution in [0.15, 0.2) is 36.5 Å². The smallest absolute Gasteiger partial charge is 0.466 e. The largest absolute Gasteiger partial charge is 0.481 e. The van der Waals surface area contributed by atoms with Crippen LogP contribution in [0.1, 0.15) is 45.5 Å².